The van der Waals surface area contributed by atoms with Crippen molar-refractivity contribution in [3.05, 3.63) is 35.4 Å². The van der Waals surface area contributed by atoms with Crippen LogP contribution in [0.5, 0.6) is 0 Å². The predicted molar refractivity (Wildman–Crippen MR) is 107 cm³/mol. The SMILES string of the molecule is CC(C)C(N)=NC(=O)N1CCC(CCCN2C(=O)c3ccccc3C2=O)CC1. The lowest BCUT2D eigenvalue weighted by atomic mass is 9.92. The number of piperidine rings is 1. The number of carbonyl (C=O) groups excluding carboxylic acids is 3. The normalized spacial score (nSPS) is 18.2. The molecule has 0 aromatic heterocycles. The van der Waals surface area contributed by atoms with Crippen LogP contribution in [0.4, 0.5) is 4.79 Å². The first-order chi connectivity index (χ1) is 13.4. The van der Waals surface area contributed by atoms with Crippen LogP contribution in [0.25, 0.3) is 0 Å². The van der Waals surface area contributed by atoms with Crippen LogP contribution in [0.1, 0.15) is 60.2 Å². The fraction of sp³-hybridized carbons (Fsp3) is 0.524. The first kappa shape index (κ1) is 20.0. The molecule has 4 amide bonds. The number of nitrogens with zero attached hydrogens (tertiary/aromatic N) is 3. The highest BCUT2D eigenvalue weighted by molar-refractivity contribution is 6.21. The Balaban J connectivity index is 1.43. The van der Waals surface area contributed by atoms with Crippen LogP contribution in [-0.2, 0) is 0 Å². The maximum absolute atomic E-state index is 12.4. The largest absolute Gasteiger partial charge is 0.387 e. The molecule has 0 atom stereocenters. The standard InChI is InChI=1S/C21H28N4O3/c1-14(2)18(22)23-21(28)24-12-9-15(10-13-24)6-5-11-25-19(26)16-7-3-4-8-17(16)20(25)27/h3-4,7-8,14-15H,5-6,9-13H2,1-2H3,(H2,22,23,28). The number of amides is 4. The predicted octanol–water partition coefficient (Wildman–Crippen LogP) is 2.91. The van der Waals surface area contributed by atoms with Crippen molar-refractivity contribution < 1.29 is 14.4 Å². The van der Waals surface area contributed by atoms with E-state index in [0.717, 1.165) is 25.7 Å². The monoisotopic (exact) mass is 384 g/mol. The van der Waals surface area contributed by atoms with Crippen molar-refractivity contribution in [2.75, 3.05) is 19.6 Å². The minimum Gasteiger partial charge on any atom is -0.387 e. The molecule has 1 aromatic carbocycles. The number of fused-ring (bicyclic) bond motifs is 1. The number of hydrogen-bond donors (Lipinski definition) is 1. The Hall–Kier alpha value is -2.70. The summed E-state index contributed by atoms with van der Waals surface area (Å²) >= 11 is 0. The van der Waals surface area contributed by atoms with Gasteiger partial charge < -0.3 is 10.6 Å². The van der Waals surface area contributed by atoms with Gasteiger partial charge in [-0.1, -0.05) is 26.0 Å². The van der Waals surface area contributed by atoms with Crippen LogP contribution < -0.4 is 5.73 Å². The van der Waals surface area contributed by atoms with E-state index in [1.165, 1.54) is 4.90 Å². The van der Waals surface area contributed by atoms with Gasteiger partial charge in [0.25, 0.3) is 11.8 Å². The zero-order valence-electron chi connectivity index (χ0n) is 16.6. The number of benzene rings is 1. The van der Waals surface area contributed by atoms with Gasteiger partial charge in [0.2, 0.25) is 0 Å². The number of nitrogens with two attached hydrogens (primary N) is 1. The number of likely N-dealkylation sites (tertiary alicyclic amines) is 1. The van der Waals surface area contributed by atoms with E-state index in [1.54, 1.807) is 29.2 Å². The molecule has 2 aliphatic heterocycles. The van der Waals surface area contributed by atoms with Gasteiger partial charge in [-0.15, -0.1) is 0 Å². The van der Waals surface area contributed by atoms with Crippen molar-refractivity contribution in [2.24, 2.45) is 22.6 Å². The minimum atomic E-state index is -0.254. The number of aliphatic imine (C=N–C) groups is 1. The van der Waals surface area contributed by atoms with Crippen LogP contribution in [-0.4, -0.2) is 53.1 Å². The summed E-state index contributed by atoms with van der Waals surface area (Å²) in [6.07, 6.45) is 3.53. The molecule has 7 nitrogen and oxygen atoms in total. The molecule has 7 heteroatoms. The first-order valence-electron chi connectivity index (χ1n) is 9.96. The molecule has 0 radical (unpaired) electrons. The van der Waals surface area contributed by atoms with E-state index in [1.807, 2.05) is 13.8 Å². The second kappa shape index (κ2) is 8.54. The number of carbonyl (C=O) groups is 3. The Morgan fingerprint density at radius 1 is 1.14 bits per heavy atom. The van der Waals surface area contributed by atoms with Gasteiger partial charge >= 0.3 is 6.03 Å². The lowest BCUT2D eigenvalue weighted by Gasteiger charge is -2.31. The Morgan fingerprint density at radius 2 is 1.71 bits per heavy atom. The number of urea groups is 1. The molecular weight excluding hydrogens is 356 g/mol. The molecule has 3 rings (SSSR count). The van der Waals surface area contributed by atoms with Gasteiger partial charge in [0.15, 0.2) is 0 Å². The number of rotatable bonds is 5. The van der Waals surface area contributed by atoms with Crippen molar-refractivity contribution in [1.82, 2.24) is 9.80 Å². The van der Waals surface area contributed by atoms with E-state index in [0.29, 0.717) is 42.5 Å². The van der Waals surface area contributed by atoms with E-state index in [2.05, 4.69) is 4.99 Å². The smallest absolute Gasteiger partial charge is 0.345 e. The van der Waals surface area contributed by atoms with Crippen LogP contribution in [0, 0.1) is 11.8 Å². The van der Waals surface area contributed by atoms with Crippen molar-refractivity contribution in [3.63, 3.8) is 0 Å². The highest BCUT2D eigenvalue weighted by Crippen LogP contribution is 2.25. The molecule has 0 saturated carbocycles. The van der Waals surface area contributed by atoms with E-state index < -0.39 is 0 Å². The Kier molecular flexibility index (Phi) is 6.11. The highest BCUT2D eigenvalue weighted by atomic mass is 16.2. The molecule has 2 heterocycles. The molecule has 150 valence electrons. The zero-order valence-corrected chi connectivity index (χ0v) is 16.6. The third-order valence-electron chi connectivity index (χ3n) is 5.57. The molecule has 0 spiro atoms. The summed E-state index contributed by atoms with van der Waals surface area (Å²) < 4.78 is 0. The summed E-state index contributed by atoms with van der Waals surface area (Å²) in [6.45, 7) is 5.61. The lowest BCUT2D eigenvalue weighted by Crippen LogP contribution is -2.38. The molecule has 28 heavy (non-hydrogen) atoms. The third-order valence-corrected chi connectivity index (χ3v) is 5.57. The van der Waals surface area contributed by atoms with Crippen LogP contribution in [0.3, 0.4) is 0 Å². The minimum absolute atomic E-state index is 0.0589. The molecule has 1 fully saturated rings. The Labute approximate surface area is 165 Å². The Bertz CT molecular complexity index is 760. The molecule has 2 N–H and O–H groups in total. The second-order valence-electron chi connectivity index (χ2n) is 7.85. The average Bonchev–Trinajstić information content (AvgIpc) is 2.93. The van der Waals surface area contributed by atoms with Crippen molar-refractivity contribution >= 4 is 23.7 Å². The lowest BCUT2D eigenvalue weighted by molar-refractivity contribution is 0.0647. The highest BCUT2D eigenvalue weighted by Gasteiger charge is 2.34. The van der Waals surface area contributed by atoms with Crippen LogP contribution in [0.15, 0.2) is 29.3 Å². The van der Waals surface area contributed by atoms with Gasteiger partial charge in [0.1, 0.15) is 5.84 Å². The van der Waals surface area contributed by atoms with E-state index in [9.17, 15) is 14.4 Å². The third kappa shape index (κ3) is 4.24. The summed E-state index contributed by atoms with van der Waals surface area (Å²) in [6, 6.07) is 6.71. The van der Waals surface area contributed by atoms with Crippen molar-refractivity contribution in [3.8, 4) is 0 Å². The number of amidine groups is 1. The van der Waals surface area contributed by atoms with Crippen LogP contribution >= 0.6 is 0 Å². The number of imide groups is 1. The van der Waals surface area contributed by atoms with E-state index >= 15 is 0 Å². The van der Waals surface area contributed by atoms with Crippen molar-refractivity contribution in [2.45, 2.75) is 39.5 Å². The molecule has 0 bridgehead atoms. The fourth-order valence-corrected chi connectivity index (χ4v) is 3.70. The second-order valence-corrected chi connectivity index (χ2v) is 7.85. The summed E-state index contributed by atoms with van der Waals surface area (Å²) in [7, 11) is 0. The summed E-state index contributed by atoms with van der Waals surface area (Å²) in [5, 5.41) is 0. The maximum atomic E-state index is 12.4. The zero-order chi connectivity index (χ0) is 20.3. The molecule has 2 aliphatic rings. The molecule has 1 saturated heterocycles. The molecule has 1 aromatic rings. The summed E-state index contributed by atoms with van der Waals surface area (Å²) in [5.41, 5.74) is 6.77. The van der Waals surface area contributed by atoms with Gasteiger partial charge in [-0.3, -0.25) is 14.5 Å². The van der Waals surface area contributed by atoms with Gasteiger partial charge in [0.05, 0.1) is 11.1 Å². The summed E-state index contributed by atoms with van der Waals surface area (Å²) in [4.78, 5) is 44.0. The topological polar surface area (TPSA) is 96.1 Å². The van der Waals surface area contributed by atoms with Crippen molar-refractivity contribution in [1.29, 1.82) is 0 Å². The first-order valence-corrected chi connectivity index (χ1v) is 9.96. The Morgan fingerprint density at radius 3 is 2.25 bits per heavy atom. The average molecular weight is 384 g/mol. The van der Waals surface area contributed by atoms with Gasteiger partial charge in [0, 0.05) is 25.6 Å². The fourth-order valence-electron chi connectivity index (χ4n) is 3.70. The molecular formula is C21H28N4O3. The quantitative estimate of drug-likeness (QED) is 0.480. The maximum Gasteiger partial charge on any atom is 0.345 e. The molecule has 0 unspecified atom stereocenters. The molecule has 0 aliphatic carbocycles. The van der Waals surface area contributed by atoms with E-state index in [4.69, 9.17) is 5.73 Å². The van der Waals surface area contributed by atoms with Gasteiger partial charge in [-0.25, -0.2) is 4.79 Å². The van der Waals surface area contributed by atoms with Gasteiger partial charge in [-0.2, -0.15) is 4.99 Å². The summed E-state index contributed by atoms with van der Waals surface area (Å²) in [5.74, 6) is 0.533. The van der Waals surface area contributed by atoms with E-state index in [-0.39, 0.29) is 23.8 Å². The van der Waals surface area contributed by atoms with Gasteiger partial charge in [-0.05, 0) is 43.7 Å². The number of hydrogen-bond acceptors (Lipinski definition) is 3. The van der Waals surface area contributed by atoms with Crippen LogP contribution in [0.2, 0.25) is 0 Å².